The maximum absolute atomic E-state index is 12.3. The van der Waals surface area contributed by atoms with Crippen molar-refractivity contribution < 1.29 is 29.3 Å². The van der Waals surface area contributed by atoms with Gasteiger partial charge in [-0.1, -0.05) is 39.0 Å². The molecule has 0 unspecified atom stereocenters. The Bertz CT molecular complexity index is 1300. The van der Waals surface area contributed by atoms with E-state index in [1.165, 1.54) is 19.2 Å². The lowest BCUT2D eigenvalue weighted by molar-refractivity contribution is 0.0695. The van der Waals surface area contributed by atoms with E-state index in [2.05, 4.69) is 25.8 Å². The highest BCUT2D eigenvalue weighted by Gasteiger charge is 2.27. The highest BCUT2D eigenvalue weighted by Crippen LogP contribution is 2.33. The number of pyridine rings is 1. The minimum atomic E-state index is -1.58. The number of nitrogen functional groups attached to an aromatic ring is 1. The van der Waals surface area contributed by atoms with Crippen molar-refractivity contribution in [2.24, 2.45) is 0 Å². The lowest BCUT2D eigenvalue weighted by atomic mass is 9.87. The van der Waals surface area contributed by atoms with Gasteiger partial charge in [0, 0.05) is 11.1 Å². The minimum absolute atomic E-state index is 0.00481. The van der Waals surface area contributed by atoms with Crippen molar-refractivity contribution in [2.75, 3.05) is 12.8 Å². The van der Waals surface area contributed by atoms with Crippen LogP contribution in [0.1, 0.15) is 52.6 Å². The summed E-state index contributed by atoms with van der Waals surface area (Å²) in [6.07, 6.45) is 0. The van der Waals surface area contributed by atoms with E-state index in [0.717, 1.165) is 5.56 Å². The summed E-state index contributed by atoms with van der Waals surface area (Å²) < 4.78 is 11.3. The molecule has 2 aromatic carbocycles. The summed E-state index contributed by atoms with van der Waals surface area (Å²) in [6.45, 7) is 6.38. The van der Waals surface area contributed by atoms with Crippen LogP contribution in [0.2, 0.25) is 0 Å². The first-order chi connectivity index (χ1) is 15.9. The monoisotopic (exact) mass is 466 g/mol. The molecule has 0 saturated carbocycles. The van der Waals surface area contributed by atoms with Crippen LogP contribution in [0.5, 0.6) is 11.5 Å². The lowest BCUT2D eigenvalue weighted by Crippen LogP contribution is -2.24. The van der Waals surface area contributed by atoms with Crippen LogP contribution in [-0.4, -0.2) is 34.2 Å². The second kappa shape index (κ2) is 9.30. The summed E-state index contributed by atoms with van der Waals surface area (Å²) >= 11 is 0. The molecule has 0 bridgehead atoms. The second-order valence-corrected chi connectivity index (χ2v) is 8.69. The number of anilines is 1. The van der Waals surface area contributed by atoms with E-state index in [4.69, 9.17) is 15.2 Å². The molecule has 9 nitrogen and oxygen atoms in total. The fourth-order valence-electron chi connectivity index (χ4n) is 3.59. The Hall–Kier alpha value is -4.27. The first-order valence-corrected chi connectivity index (χ1v) is 10.4. The molecule has 1 heterocycles. The third kappa shape index (κ3) is 4.88. The molecule has 0 spiro atoms. The van der Waals surface area contributed by atoms with Gasteiger partial charge < -0.3 is 30.4 Å². The Morgan fingerprint density at radius 3 is 2.15 bits per heavy atom. The molecule has 0 radical (unpaired) electrons. The molecule has 34 heavy (non-hydrogen) atoms. The molecular formula is C25H26N2O7. The maximum atomic E-state index is 12.3. The van der Waals surface area contributed by atoms with Crippen molar-refractivity contribution >= 4 is 17.8 Å². The predicted octanol–water partition coefficient (Wildman–Crippen LogP) is 3.91. The van der Waals surface area contributed by atoms with Gasteiger partial charge >= 0.3 is 11.9 Å². The zero-order chi connectivity index (χ0) is 25.2. The van der Waals surface area contributed by atoms with Crippen molar-refractivity contribution in [3.8, 4) is 22.6 Å². The van der Waals surface area contributed by atoms with Crippen LogP contribution < -0.4 is 20.8 Å². The number of ether oxygens (including phenoxy) is 2. The lowest BCUT2D eigenvalue weighted by Gasteiger charge is -2.19. The number of aromatic carboxylic acids is 2. The normalized spacial score (nSPS) is 11.2. The van der Waals surface area contributed by atoms with Gasteiger partial charge in [-0.25, -0.2) is 9.59 Å². The van der Waals surface area contributed by atoms with Crippen LogP contribution in [0, 0.1) is 0 Å². The van der Waals surface area contributed by atoms with Crippen LogP contribution in [0.15, 0.2) is 47.3 Å². The minimum Gasteiger partial charge on any atom is -0.496 e. The summed E-state index contributed by atoms with van der Waals surface area (Å²) in [5.41, 5.74) is 5.04. The van der Waals surface area contributed by atoms with Gasteiger partial charge in [-0.3, -0.25) is 4.79 Å². The second-order valence-electron chi connectivity index (χ2n) is 8.69. The Labute approximate surface area is 195 Å². The van der Waals surface area contributed by atoms with Crippen molar-refractivity contribution in [3.05, 3.63) is 75.1 Å². The summed E-state index contributed by atoms with van der Waals surface area (Å²) in [6, 6.07) is 12.2. The number of carboxylic acid groups (broad SMARTS) is 2. The third-order valence-corrected chi connectivity index (χ3v) is 5.36. The van der Waals surface area contributed by atoms with E-state index in [-0.39, 0.29) is 23.1 Å². The number of aromatic amines is 1. The van der Waals surface area contributed by atoms with E-state index >= 15 is 0 Å². The number of benzene rings is 2. The van der Waals surface area contributed by atoms with Gasteiger partial charge in [0.15, 0.2) is 0 Å². The first-order valence-electron chi connectivity index (χ1n) is 10.4. The first kappa shape index (κ1) is 24.4. The van der Waals surface area contributed by atoms with Gasteiger partial charge in [0.1, 0.15) is 35.1 Å². The average Bonchev–Trinajstić information content (AvgIpc) is 2.76. The summed E-state index contributed by atoms with van der Waals surface area (Å²) in [5.74, 6) is -2.44. The molecule has 0 fully saturated rings. The van der Waals surface area contributed by atoms with Crippen LogP contribution >= 0.6 is 0 Å². The van der Waals surface area contributed by atoms with Crippen LogP contribution in [0.25, 0.3) is 11.1 Å². The van der Waals surface area contributed by atoms with E-state index < -0.39 is 34.4 Å². The summed E-state index contributed by atoms with van der Waals surface area (Å²) in [7, 11) is 1.47. The van der Waals surface area contributed by atoms with Crippen molar-refractivity contribution in [2.45, 2.75) is 32.8 Å². The molecule has 0 saturated heterocycles. The largest absolute Gasteiger partial charge is 0.496 e. The SMILES string of the molecule is COc1ccc(-c2c(C(=O)O)c(N)[nH]c(=O)c2C(=O)O)cc1COc1ccc(C(C)(C)C)cc1. The Balaban J connectivity index is 2.06. The zero-order valence-corrected chi connectivity index (χ0v) is 19.3. The standard InChI is InChI=1S/C25H26N2O7/c1-25(2,3)15-6-8-16(9-7-15)34-12-14-11-13(5-10-17(14)33-4)18-19(23(29)30)21(26)27-22(28)20(18)24(31)32/h5-11H,12H2,1-4H3,(H,29,30)(H,31,32)(H3,26,27,28). The third-order valence-electron chi connectivity index (χ3n) is 5.36. The molecule has 0 atom stereocenters. The number of carbonyl (C=O) groups is 2. The zero-order valence-electron chi connectivity index (χ0n) is 19.3. The van der Waals surface area contributed by atoms with Crippen molar-refractivity contribution in [1.29, 1.82) is 0 Å². The van der Waals surface area contributed by atoms with Crippen LogP contribution in [0.3, 0.4) is 0 Å². The smallest absolute Gasteiger partial charge is 0.342 e. The van der Waals surface area contributed by atoms with Crippen LogP contribution in [0.4, 0.5) is 5.82 Å². The predicted molar refractivity (Wildman–Crippen MR) is 127 cm³/mol. The van der Waals surface area contributed by atoms with Gasteiger partial charge in [0.2, 0.25) is 0 Å². The average molecular weight is 466 g/mol. The summed E-state index contributed by atoms with van der Waals surface area (Å²) in [5, 5.41) is 19.3. The molecule has 5 N–H and O–H groups in total. The molecule has 1 aromatic heterocycles. The number of nitrogens with one attached hydrogen (secondary N) is 1. The number of carboxylic acids is 2. The number of nitrogens with two attached hydrogens (primary N) is 1. The molecule has 9 heteroatoms. The number of methoxy groups -OCH3 is 1. The van der Waals surface area contributed by atoms with Gasteiger partial charge in [0.05, 0.1) is 7.11 Å². The Kier molecular flexibility index (Phi) is 6.67. The molecule has 0 aliphatic carbocycles. The van der Waals surface area contributed by atoms with E-state index in [1.807, 2.05) is 24.3 Å². The molecule has 3 rings (SSSR count). The van der Waals surface area contributed by atoms with Gasteiger partial charge in [-0.05, 0) is 40.8 Å². The number of aromatic nitrogens is 1. The number of H-pyrrole nitrogens is 1. The van der Waals surface area contributed by atoms with Gasteiger partial charge in [0.25, 0.3) is 5.56 Å². The molecule has 0 aliphatic rings. The van der Waals surface area contributed by atoms with E-state index in [0.29, 0.717) is 17.1 Å². The molecule has 3 aromatic rings. The molecule has 0 aliphatic heterocycles. The molecule has 0 amide bonds. The van der Waals surface area contributed by atoms with Gasteiger partial charge in [-0.2, -0.15) is 0 Å². The van der Waals surface area contributed by atoms with E-state index in [9.17, 15) is 24.6 Å². The highest BCUT2D eigenvalue weighted by atomic mass is 16.5. The Morgan fingerprint density at radius 1 is 1.00 bits per heavy atom. The number of rotatable bonds is 7. The van der Waals surface area contributed by atoms with Crippen LogP contribution in [-0.2, 0) is 12.0 Å². The highest BCUT2D eigenvalue weighted by molar-refractivity contribution is 6.07. The topological polar surface area (TPSA) is 152 Å². The molecule has 178 valence electrons. The Morgan fingerprint density at radius 2 is 1.62 bits per heavy atom. The molecular weight excluding hydrogens is 440 g/mol. The fourth-order valence-corrected chi connectivity index (χ4v) is 3.59. The van der Waals surface area contributed by atoms with Gasteiger partial charge in [-0.15, -0.1) is 0 Å². The maximum Gasteiger partial charge on any atom is 0.342 e. The number of hydrogen-bond acceptors (Lipinski definition) is 6. The fraction of sp³-hybridized carbons (Fsp3) is 0.240. The summed E-state index contributed by atoms with van der Waals surface area (Å²) in [4.78, 5) is 38.1. The van der Waals surface area contributed by atoms with Crippen molar-refractivity contribution in [1.82, 2.24) is 4.98 Å². The van der Waals surface area contributed by atoms with E-state index in [1.54, 1.807) is 6.07 Å². The number of hydrogen-bond donors (Lipinski definition) is 4. The van der Waals surface area contributed by atoms with Crippen molar-refractivity contribution in [3.63, 3.8) is 0 Å². The quantitative estimate of drug-likeness (QED) is 0.409.